The maximum Gasteiger partial charge on any atom is 0.344 e. The summed E-state index contributed by atoms with van der Waals surface area (Å²) < 4.78 is 18.2. The van der Waals surface area contributed by atoms with Crippen molar-refractivity contribution in [3.63, 3.8) is 0 Å². The van der Waals surface area contributed by atoms with Crippen LogP contribution in [0, 0.1) is 11.3 Å². The molecule has 8 heteroatoms. The summed E-state index contributed by atoms with van der Waals surface area (Å²) in [6, 6.07) is 19.7. The SMILES string of the molecule is COc1ccc(Br)cc1C1C(C#N)=C(N)Oc2cc(OC(=O)c3ccccc3Br)ccc21. The molecule has 1 aliphatic heterocycles. The van der Waals surface area contributed by atoms with Gasteiger partial charge in [0.05, 0.1) is 18.6 Å². The van der Waals surface area contributed by atoms with Crippen LogP contribution in [0.5, 0.6) is 17.2 Å². The second kappa shape index (κ2) is 9.07. The van der Waals surface area contributed by atoms with E-state index in [-0.39, 0.29) is 17.2 Å². The van der Waals surface area contributed by atoms with E-state index in [4.69, 9.17) is 19.9 Å². The number of allylic oxidation sites excluding steroid dienone is 1. The maximum absolute atomic E-state index is 12.6. The molecule has 0 saturated carbocycles. The highest BCUT2D eigenvalue weighted by Gasteiger charge is 2.33. The van der Waals surface area contributed by atoms with Crippen LogP contribution in [0.1, 0.15) is 27.4 Å². The minimum atomic E-state index is -0.514. The number of benzene rings is 3. The fraction of sp³-hybridized carbons (Fsp3) is 0.0833. The Kier molecular flexibility index (Phi) is 6.21. The molecule has 1 atom stereocenters. The zero-order valence-corrected chi connectivity index (χ0v) is 19.9. The van der Waals surface area contributed by atoms with Crippen LogP contribution in [0.25, 0.3) is 0 Å². The third-order valence-corrected chi connectivity index (χ3v) is 6.18. The second-order valence-electron chi connectivity index (χ2n) is 6.88. The third-order valence-electron chi connectivity index (χ3n) is 5.00. The lowest BCUT2D eigenvalue weighted by Gasteiger charge is -2.27. The highest BCUT2D eigenvalue weighted by molar-refractivity contribution is 9.10. The van der Waals surface area contributed by atoms with Gasteiger partial charge in [-0.05, 0) is 52.3 Å². The Labute approximate surface area is 201 Å². The van der Waals surface area contributed by atoms with Crippen molar-refractivity contribution < 1.29 is 19.0 Å². The highest BCUT2D eigenvalue weighted by atomic mass is 79.9. The van der Waals surface area contributed by atoms with Gasteiger partial charge in [0, 0.05) is 26.1 Å². The smallest absolute Gasteiger partial charge is 0.344 e. The van der Waals surface area contributed by atoms with Crippen molar-refractivity contribution in [2.24, 2.45) is 5.73 Å². The van der Waals surface area contributed by atoms with E-state index in [1.165, 1.54) is 0 Å². The normalized spacial score (nSPS) is 14.8. The molecular weight excluding hydrogens is 540 g/mol. The molecule has 1 unspecified atom stereocenters. The van der Waals surface area contributed by atoms with Crippen LogP contribution >= 0.6 is 31.9 Å². The molecule has 3 aromatic rings. The molecule has 6 nitrogen and oxygen atoms in total. The summed E-state index contributed by atoms with van der Waals surface area (Å²) in [4.78, 5) is 12.6. The van der Waals surface area contributed by atoms with Gasteiger partial charge in [0.2, 0.25) is 5.88 Å². The number of carbonyl (C=O) groups is 1. The quantitative estimate of drug-likeness (QED) is 0.330. The lowest BCUT2D eigenvalue weighted by atomic mass is 9.83. The minimum Gasteiger partial charge on any atom is -0.496 e. The van der Waals surface area contributed by atoms with E-state index in [9.17, 15) is 10.1 Å². The van der Waals surface area contributed by atoms with Crippen LogP contribution in [-0.4, -0.2) is 13.1 Å². The Morgan fingerprint density at radius 1 is 1.09 bits per heavy atom. The molecule has 0 amide bonds. The summed E-state index contributed by atoms with van der Waals surface area (Å²) in [5.41, 5.74) is 8.22. The van der Waals surface area contributed by atoms with Gasteiger partial charge < -0.3 is 19.9 Å². The first kappa shape index (κ1) is 21.9. The highest BCUT2D eigenvalue weighted by Crippen LogP contribution is 2.46. The molecule has 2 N–H and O–H groups in total. The van der Waals surface area contributed by atoms with E-state index in [0.29, 0.717) is 27.1 Å². The van der Waals surface area contributed by atoms with Gasteiger partial charge in [-0.15, -0.1) is 0 Å². The molecular formula is C24H16Br2N2O4. The summed E-state index contributed by atoms with van der Waals surface area (Å²) in [6.07, 6.45) is 0. The van der Waals surface area contributed by atoms with E-state index >= 15 is 0 Å². The fourth-order valence-corrected chi connectivity index (χ4v) is 4.36. The van der Waals surface area contributed by atoms with Crippen molar-refractivity contribution in [2.75, 3.05) is 7.11 Å². The van der Waals surface area contributed by atoms with Crippen LogP contribution in [0.4, 0.5) is 0 Å². The number of nitriles is 1. The molecule has 4 rings (SSSR count). The molecule has 160 valence electrons. The van der Waals surface area contributed by atoms with Crippen LogP contribution in [0.15, 0.2) is 81.1 Å². The third kappa shape index (κ3) is 4.09. The fourth-order valence-electron chi connectivity index (χ4n) is 3.54. The Bertz CT molecular complexity index is 1300. The lowest BCUT2D eigenvalue weighted by molar-refractivity contribution is 0.0733. The van der Waals surface area contributed by atoms with E-state index in [1.807, 2.05) is 24.3 Å². The van der Waals surface area contributed by atoms with Gasteiger partial charge in [0.15, 0.2) is 0 Å². The standard InChI is InChI=1S/C24H16Br2N2O4/c1-30-20-9-6-13(25)10-17(20)22-16-8-7-14(11-21(16)32-23(28)18(22)12-27)31-24(29)15-4-2-3-5-19(15)26/h2-11,22H,28H2,1H3. The first-order valence-electron chi connectivity index (χ1n) is 9.44. The van der Waals surface area contributed by atoms with Gasteiger partial charge in [0.25, 0.3) is 0 Å². The van der Waals surface area contributed by atoms with E-state index in [1.54, 1.807) is 43.5 Å². The summed E-state index contributed by atoms with van der Waals surface area (Å²) in [7, 11) is 1.57. The molecule has 0 bridgehead atoms. The summed E-state index contributed by atoms with van der Waals surface area (Å²) in [5, 5.41) is 9.78. The molecule has 0 aromatic heterocycles. The van der Waals surface area contributed by atoms with Gasteiger partial charge in [-0.2, -0.15) is 5.26 Å². The number of esters is 1. The number of carbonyl (C=O) groups excluding carboxylic acids is 1. The van der Waals surface area contributed by atoms with Gasteiger partial charge in [0.1, 0.15) is 28.9 Å². The van der Waals surface area contributed by atoms with Crippen LogP contribution in [0.3, 0.4) is 0 Å². The Morgan fingerprint density at radius 3 is 2.59 bits per heavy atom. The van der Waals surface area contributed by atoms with Crippen LogP contribution < -0.4 is 19.9 Å². The van der Waals surface area contributed by atoms with E-state index < -0.39 is 11.9 Å². The number of fused-ring (bicyclic) bond motifs is 1. The van der Waals surface area contributed by atoms with Gasteiger partial charge in [-0.25, -0.2) is 4.79 Å². The second-order valence-corrected chi connectivity index (χ2v) is 8.65. The van der Waals surface area contributed by atoms with Crippen molar-refractivity contribution in [1.29, 1.82) is 5.26 Å². The van der Waals surface area contributed by atoms with Crippen molar-refractivity contribution >= 4 is 37.8 Å². The van der Waals surface area contributed by atoms with Crippen molar-refractivity contribution in [1.82, 2.24) is 0 Å². The summed E-state index contributed by atoms with van der Waals surface area (Å²) >= 11 is 6.83. The van der Waals surface area contributed by atoms with Gasteiger partial charge in [-0.1, -0.05) is 34.1 Å². The number of halogens is 2. The number of methoxy groups -OCH3 is 1. The number of hydrogen-bond donors (Lipinski definition) is 1. The predicted octanol–water partition coefficient (Wildman–Crippen LogP) is 5.66. The number of ether oxygens (including phenoxy) is 3. The Balaban J connectivity index is 1.76. The Morgan fingerprint density at radius 2 is 1.88 bits per heavy atom. The predicted molar refractivity (Wildman–Crippen MR) is 126 cm³/mol. The van der Waals surface area contributed by atoms with Crippen LogP contribution in [0.2, 0.25) is 0 Å². The van der Waals surface area contributed by atoms with Crippen molar-refractivity contribution in [3.05, 3.63) is 97.8 Å². The molecule has 0 fully saturated rings. The minimum absolute atomic E-state index is 0.0127. The number of nitrogens with two attached hydrogens (primary N) is 1. The average molecular weight is 556 g/mol. The summed E-state index contributed by atoms with van der Waals surface area (Å²) in [6.45, 7) is 0. The van der Waals surface area contributed by atoms with E-state index in [0.717, 1.165) is 10.0 Å². The monoisotopic (exact) mass is 554 g/mol. The maximum atomic E-state index is 12.6. The zero-order chi connectivity index (χ0) is 22.8. The topological polar surface area (TPSA) is 94.6 Å². The van der Waals surface area contributed by atoms with Gasteiger partial charge >= 0.3 is 5.97 Å². The molecule has 0 radical (unpaired) electrons. The molecule has 0 spiro atoms. The van der Waals surface area contributed by atoms with E-state index in [2.05, 4.69) is 37.9 Å². The number of hydrogen-bond acceptors (Lipinski definition) is 6. The van der Waals surface area contributed by atoms with Crippen LogP contribution in [-0.2, 0) is 0 Å². The number of nitrogens with zero attached hydrogens (tertiary/aromatic N) is 1. The van der Waals surface area contributed by atoms with Crippen molar-refractivity contribution in [3.8, 4) is 23.3 Å². The molecule has 0 aliphatic carbocycles. The first-order chi connectivity index (χ1) is 15.4. The molecule has 3 aromatic carbocycles. The molecule has 0 saturated heterocycles. The molecule has 32 heavy (non-hydrogen) atoms. The lowest BCUT2D eigenvalue weighted by Crippen LogP contribution is -2.21. The largest absolute Gasteiger partial charge is 0.496 e. The number of rotatable bonds is 4. The zero-order valence-electron chi connectivity index (χ0n) is 16.8. The van der Waals surface area contributed by atoms with Crippen molar-refractivity contribution in [2.45, 2.75) is 5.92 Å². The Hall–Kier alpha value is -3.28. The average Bonchev–Trinajstić information content (AvgIpc) is 2.78. The molecule has 1 aliphatic rings. The molecule has 1 heterocycles. The first-order valence-corrected chi connectivity index (χ1v) is 11.0. The summed E-state index contributed by atoms with van der Waals surface area (Å²) in [5.74, 6) is 0.254. The van der Waals surface area contributed by atoms with Gasteiger partial charge in [-0.3, -0.25) is 0 Å².